The fourth-order valence-corrected chi connectivity index (χ4v) is 1.71. The number of hydrogen-bond acceptors (Lipinski definition) is 2. The van der Waals surface area contributed by atoms with E-state index < -0.39 is 6.72 Å². The summed E-state index contributed by atoms with van der Waals surface area (Å²) in [5.74, 6) is 0. The largest absolute Gasteiger partial charge is 0.315 e. The van der Waals surface area contributed by atoms with Crippen molar-refractivity contribution >= 4 is 18.0 Å². The molecule has 4 heteroatoms. The molecule has 0 N–H and O–H groups in total. The predicted molar refractivity (Wildman–Crippen MR) is 44.8 cm³/mol. The summed E-state index contributed by atoms with van der Waals surface area (Å²) in [6, 6.07) is 0. The highest BCUT2D eigenvalue weighted by Gasteiger charge is 2.25. The lowest BCUT2D eigenvalue weighted by atomic mass is 10.5. The lowest BCUT2D eigenvalue weighted by molar-refractivity contribution is 0.249. The summed E-state index contributed by atoms with van der Waals surface area (Å²) >= 11 is 5.60. The average Bonchev–Trinajstić information content (AvgIpc) is 1.60. The zero-order valence-electron chi connectivity index (χ0n) is 6.80. The Morgan fingerprint density at radius 3 is 1.80 bits per heavy atom. The van der Waals surface area contributed by atoms with Crippen molar-refractivity contribution < 1.29 is 9.09 Å². The molecule has 0 aromatic carbocycles. The monoisotopic (exact) mass is 184 g/mol. The zero-order chi connectivity index (χ0) is 8.36. The lowest BCUT2D eigenvalue weighted by Crippen LogP contribution is -2.03. The van der Waals surface area contributed by atoms with Crippen LogP contribution in [0, 0.1) is 0 Å². The number of hydrogen-bond donors (Lipinski definition) is 0. The van der Waals surface area contributed by atoms with Crippen molar-refractivity contribution in [3.63, 3.8) is 0 Å². The molecular formula is C6H14ClO2P. The number of rotatable bonds is 3. The third-order valence-corrected chi connectivity index (χ3v) is 4.32. The van der Waals surface area contributed by atoms with Gasteiger partial charge in [0.1, 0.15) is 0 Å². The molecule has 0 aromatic heterocycles. The normalized spacial score (nSPS) is 17.9. The molecule has 0 amide bonds. The van der Waals surface area contributed by atoms with E-state index in [1.54, 1.807) is 13.8 Å². The van der Waals surface area contributed by atoms with E-state index in [1.165, 1.54) is 0 Å². The van der Waals surface area contributed by atoms with Gasteiger partial charge in [0.05, 0.1) is 6.10 Å². The van der Waals surface area contributed by atoms with E-state index in [0.29, 0.717) is 0 Å². The van der Waals surface area contributed by atoms with Crippen LogP contribution in [0.5, 0.6) is 0 Å². The van der Waals surface area contributed by atoms with E-state index >= 15 is 0 Å². The van der Waals surface area contributed by atoms with Crippen LogP contribution in [0.15, 0.2) is 0 Å². The van der Waals surface area contributed by atoms with Crippen molar-refractivity contribution in [2.24, 2.45) is 0 Å². The second-order valence-corrected chi connectivity index (χ2v) is 6.47. The maximum Gasteiger partial charge on any atom is 0.292 e. The predicted octanol–water partition coefficient (Wildman–Crippen LogP) is 3.25. The molecule has 0 aliphatic heterocycles. The Morgan fingerprint density at radius 2 is 1.70 bits per heavy atom. The first kappa shape index (κ1) is 10.5. The van der Waals surface area contributed by atoms with Gasteiger partial charge in [0.2, 0.25) is 0 Å². The van der Waals surface area contributed by atoms with Gasteiger partial charge >= 0.3 is 0 Å². The van der Waals surface area contributed by atoms with Crippen molar-refractivity contribution in [2.75, 3.05) is 0 Å². The first-order chi connectivity index (χ1) is 4.36. The molecule has 0 aliphatic rings. The minimum Gasteiger partial charge on any atom is -0.315 e. The van der Waals surface area contributed by atoms with E-state index in [2.05, 4.69) is 0 Å². The highest BCUT2D eigenvalue weighted by molar-refractivity contribution is 7.85. The summed E-state index contributed by atoms with van der Waals surface area (Å²) in [5, 5.41) is 0. The molecule has 0 saturated heterocycles. The molecule has 1 atom stereocenters. The molecule has 2 nitrogen and oxygen atoms in total. The van der Waals surface area contributed by atoms with Gasteiger partial charge < -0.3 is 4.52 Å². The average molecular weight is 185 g/mol. The maximum absolute atomic E-state index is 11.3. The first-order valence-corrected chi connectivity index (χ1v) is 5.94. The zero-order valence-corrected chi connectivity index (χ0v) is 8.45. The van der Waals surface area contributed by atoms with Gasteiger partial charge in [-0.3, -0.25) is 4.57 Å². The Morgan fingerprint density at radius 1 is 1.30 bits per heavy atom. The van der Waals surface area contributed by atoms with Gasteiger partial charge in [-0.2, -0.15) is 0 Å². The summed E-state index contributed by atoms with van der Waals surface area (Å²) in [7, 11) is 0. The minimum absolute atomic E-state index is 0.0641. The third kappa shape index (κ3) is 3.60. The molecule has 0 fully saturated rings. The van der Waals surface area contributed by atoms with Gasteiger partial charge in [0.25, 0.3) is 6.72 Å². The van der Waals surface area contributed by atoms with Crippen LogP contribution in [-0.2, 0) is 9.09 Å². The van der Waals surface area contributed by atoms with Gasteiger partial charge in [-0.15, -0.1) is 0 Å². The molecule has 0 spiro atoms. The van der Waals surface area contributed by atoms with Crippen molar-refractivity contribution in [3.8, 4) is 0 Å². The smallest absolute Gasteiger partial charge is 0.292 e. The second kappa shape index (κ2) is 3.75. The Hall–Kier alpha value is 0.480. The second-order valence-electron chi connectivity index (χ2n) is 2.77. The van der Waals surface area contributed by atoms with Crippen LogP contribution in [0.1, 0.15) is 27.7 Å². The SMILES string of the molecule is CC(C)OP(=O)(Cl)C(C)C. The van der Waals surface area contributed by atoms with E-state index in [0.717, 1.165) is 0 Å². The van der Waals surface area contributed by atoms with Crippen LogP contribution in [0.3, 0.4) is 0 Å². The molecule has 0 saturated carbocycles. The van der Waals surface area contributed by atoms with E-state index in [9.17, 15) is 4.57 Å². The molecule has 0 aromatic rings. The topological polar surface area (TPSA) is 26.3 Å². The van der Waals surface area contributed by atoms with E-state index in [4.69, 9.17) is 15.8 Å². The lowest BCUT2D eigenvalue weighted by Gasteiger charge is -2.16. The van der Waals surface area contributed by atoms with Crippen LogP contribution >= 0.6 is 18.0 Å². The van der Waals surface area contributed by atoms with Crippen LogP contribution < -0.4 is 0 Å². The van der Waals surface area contributed by atoms with Gasteiger partial charge in [-0.05, 0) is 25.1 Å². The molecule has 0 aliphatic carbocycles. The Labute approximate surface area is 67.1 Å². The number of halogens is 1. The third-order valence-electron chi connectivity index (χ3n) is 0.971. The van der Waals surface area contributed by atoms with Gasteiger partial charge in [0, 0.05) is 5.66 Å². The minimum atomic E-state index is -2.85. The van der Waals surface area contributed by atoms with Crippen molar-refractivity contribution in [3.05, 3.63) is 0 Å². The van der Waals surface area contributed by atoms with Crippen LogP contribution in [0.4, 0.5) is 0 Å². The summed E-state index contributed by atoms with van der Waals surface area (Å²) in [6.07, 6.45) is -0.0641. The molecular weight excluding hydrogens is 170 g/mol. The Bertz CT molecular complexity index is 145. The molecule has 1 unspecified atom stereocenters. The van der Waals surface area contributed by atoms with Gasteiger partial charge in [-0.1, -0.05) is 13.8 Å². The molecule has 0 bridgehead atoms. The molecule has 0 rings (SSSR count). The summed E-state index contributed by atoms with van der Waals surface area (Å²) < 4.78 is 16.3. The van der Waals surface area contributed by atoms with E-state index in [-0.39, 0.29) is 11.8 Å². The fraction of sp³-hybridized carbons (Fsp3) is 1.00. The Kier molecular flexibility index (Phi) is 3.93. The molecule has 0 heterocycles. The Balaban J connectivity index is 4.01. The first-order valence-electron chi connectivity index (χ1n) is 3.34. The molecule has 0 radical (unpaired) electrons. The highest BCUT2D eigenvalue weighted by Crippen LogP contribution is 2.57. The fourth-order valence-electron chi connectivity index (χ4n) is 0.409. The summed E-state index contributed by atoms with van der Waals surface area (Å²) in [5.41, 5.74) is -0.100. The van der Waals surface area contributed by atoms with Gasteiger partial charge in [-0.25, -0.2) is 0 Å². The standard InChI is InChI=1S/C6H14ClO2P/c1-5(2)9-10(7,8)6(3)4/h5-6H,1-4H3. The van der Waals surface area contributed by atoms with Gasteiger partial charge in [0.15, 0.2) is 0 Å². The van der Waals surface area contributed by atoms with E-state index in [1.807, 2.05) is 13.8 Å². The van der Waals surface area contributed by atoms with Crippen molar-refractivity contribution in [1.82, 2.24) is 0 Å². The molecule has 10 heavy (non-hydrogen) atoms. The summed E-state index contributed by atoms with van der Waals surface area (Å²) in [6.45, 7) is 4.36. The maximum atomic E-state index is 11.3. The van der Waals surface area contributed by atoms with Crippen LogP contribution in [0.2, 0.25) is 0 Å². The van der Waals surface area contributed by atoms with Crippen LogP contribution in [-0.4, -0.2) is 11.8 Å². The highest BCUT2D eigenvalue weighted by atomic mass is 35.7. The van der Waals surface area contributed by atoms with Crippen molar-refractivity contribution in [1.29, 1.82) is 0 Å². The van der Waals surface area contributed by atoms with Crippen molar-refractivity contribution in [2.45, 2.75) is 39.5 Å². The summed E-state index contributed by atoms with van der Waals surface area (Å²) in [4.78, 5) is 0. The van der Waals surface area contributed by atoms with Crippen LogP contribution in [0.25, 0.3) is 0 Å². The molecule has 62 valence electrons. The quantitative estimate of drug-likeness (QED) is 0.630.